The number of terminal acetylenes is 1. The lowest BCUT2D eigenvalue weighted by Crippen LogP contribution is -2.04. The molecule has 48 valence electrons. The minimum Gasteiger partial charge on any atom is -0.449 e. The molecule has 0 radical (unpaired) electrons. The molecule has 0 bridgehead atoms. The quantitative estimate of drug-likeness (QED) is 0.308. The molecule has 0 spiro atoms. The second kappa shape index (κ2) is 3.73. The maximum atomic E-state index is 10.5. The predicted molar refractivity (Wildman–Crippen MR) is 34.6 cm³/mol. The second-order valence-electron chi connectivity index (χ2n) is 1.56. The zero-order valence-electron chi connectivity index (χ0n) is 5.31. The molecule has 0 fully saturated rings. The van der Waals surface area contributed by atoms with E-state index in [1.54, 1.807) is 6.92 Å². The number of ether oxygens (including phenoxy) is 1. The smallest absolute Gasteiger partial charge is 0.334 e. The van der Waals surface area contributed by atoms with Crippen LogP contribution in [0.4, 0.5) is 0 Å². The Morgan fingerprint density at radius 3 is 2.78 bits per heavy atom. The molecule has 0 amide bonds. The Kier molecular flexibility index (Phi) is 3.22. The highest BCUT2D eigenvalue weighted by Crippen LogP contribution is 1.89. The Labute approximate surface area is 54.5 Å². The van der Waals surface area contributed by atoms with Gasteiger partial charge in [0.1, 0.15) is 0 Å². The summed E-state index contributed by atoms with van der Waals surface area (Å²) >= 11 is 0. The molecule has 0 saturated heterocycles. The third kappa shape index (κ3) is 3.36. The van der Waals surface area contributed by atoms with E-state index in [-0.39, 0.29) is 6.61 Å². The van der Waals surface area contributed by atoms with Gasteiger partial charge in [0.25, 0.3) is 0 Å². The van der Waals surface area contributed by atoms with E-state index >= 15 is 0 Å². The number of carbonyl (C=O) groups excluding carboxylic acids is 1. The van der Waals surface area contributed by atoms with Gasteiger partial charge in [0.05, 0.1) is 0 Å². The summed E-state index contributed by atoms with van der Waals surface area (Å²) in [5.41, 5.74) is 0.366. The molecule has 0 unspecified atom stereocenters. The van der Waals surface area contributed by atoms with E-state index in [4.69, 9.17) is 6.42 Å². The molecule has 0 N–H and O–H groups in total. The molecule has 0 atom stereocenters. The van der Waals surface area contributed by atoms with Crippen molar-refractivity contribution in [3.8, 4) is 12.3 Å². The van der Waals surface area contributed by atoms with Crippen LogP contribution in [0.25, 0.3) is 0 Å². The first-order chi connectivity index (χ1) is 4.18. The Bertz CT molecular complexity index is 162. The standard InChI is InChI=1S/C7H8O2/c1-4-5-9-7(8)6(2)3/h1H,2,5H2,3H3. The van der Waals surface area contributed by atoms with Gasteiger partial charge in [-0.15, -0.1) is 6.42 Å². The molecule has 0 aromatic carbocycles. The Hall–Kier alpha value is -1.23. The van der Waals surface area contributed by atoms with Crippen molar-refractivity contribution in [2.24, 2.45) is 0 Å². The first-order valence-corrected chi connectivity index (χ1v) is 2.44. The molecular formula is C7H8O2. The molecule has 0 aliphatic carbocycles. The van der Waals surface area contributed by atoms with Crippen molar-refractivity contribution in [3.63, 3.8) is 0 Å². The SMILES string of the molecule is C#CCOC(=O)C(=C)C. The molecule has 0 aliphatic rings. The first kappa shape index (κ1) is 7.77. The van der Waals surface area contributed by atoms with Crippen LogP contribution in [-0.2, 0) is 9.53 Å². The summed E-state index contributed by atoms with van der Waals surface area (Å²) in [6.07, 6.45) is 4.82. The van der Waals surface area contributed by atoms with Crippen molar-refractivity contribution < 1.29 is 9.53 Å². The average molecular weight is 124 g/mol. The van der Waals surface area contributed by atoms with E-state index in [1.807, 2.05) is 0 Å². The Balaban J connectivity index is 3.55. The topological polar surface area (TPSA) is 26.3 Å². The van der Waals surface area contributed by atoms with Crippen LogP contribution in [0.1, 0.15) is 6.92 Å². The van der Waals surface area contributed by atoms with Crippen LogP contribution < -0.4 is 0 Å². The van der Waals surface area contributed by atoms with Crippen LogP contribution in [0.2, 0.25) is 0 Å². The molecule has 0 rings (SSSR count). The molecule has 2 heteroatoms. The lowest BCUT2D eigenvalue weighted by atomic mass is 10.4. The molecular weight excluding hydrogens is 116 g/mol. The summed E-state index contributed by atoms with van der Waals surface area (Å²) in [7, 11) is 0. The number of esters is 1. The zero-order chi connectivity index (χ0) is 7.28. The summed E-state index contributed by atoms with van der Waals surface area (Å²) in [4.78, 5) is 10.5. The van der Waals surface area contributed by atoms with E-state index in [0.717, 1.165) is 0 Å². The maximum absolute atomic E-state index is 10.5. The van der Waals surface area contributed by atoms with Gasteiger partial charge >= 0.3 is 5.97 Å². The normalized spacial score (nSPS) is 7.56. The van der Waals surface area contributed by atoms with E-state index in [1.165, 1.54) is 0 Å². The summed E-state index contributed by atoms with van der Waals surface area (Å²) in [6.45, 7) is 4.95. The van der Waals surface area contributed by atoms with Gasteiger partial charge in [0, 0.05) is 5.57 Å². The van der Waals surface area contributed by atoms with Gasteiger partial charge in [0.2, 0.25) is 0 Å². The van der Waals surface area contributed by atoms with Crippen LogP contribution in [0.5, 0.6) is 0 Å². The molecule has 0 heterocycles. The van der Waals surface area contributed by atoms with Crippen molar-refractivity contribution >= 4 is 5.97 Å². The molecule has 0 saturated carbocycles. The van der Waals surface area contributed by atoms with Gasteiger partial charge in [-0.2, -0.15) is 0 Å². The predicted octanol–water partition coefficient (Wildman–Crippen LogP) is 0.739. The van der Waals surface area contributed by atoms with Crippen molar-refractivity contribution in [2.75, 3.05) is 6.61 Å². The molecule has 9 heavy (non-hydrogen) atoms. The van der Waals surface area contributed by atoms with Crippen molar-refractivity contribution in [2.45, 2.75) is 6.92 Å². The lowest BCUT2D eigenvalue weighted by molar-refractivity contribution is -0.137. The summed E-state index contributed by atoms with van der Waals surface area (Å²) in [5, 5.41) is 0. The van der Waals surface area contributed by atoms with Crippen molar-refractivity contribution in [1.29, 1.82) is 0 Å². The molecule has 2 nitrogen and oxygen atoms in total. The molecule has 0 aromatic rings. The number of hydrogen-bond acceptors (Lipinski definition) is 2. The third-order valence-corrected chi connectivity index (χ3v) is 0.635. The molecule has 0 aromatic heterocycles. The van der Waals surface area contributed by atoms with E-state index in [2.05, 4.69) is 17.2 Å². The summed E-state index contributed by atoms with van der Waals surface area (Å²) in [6, 6.07) is 0. The third-order valence-electron chi connectivity index (χ3n) is 0.635. The van der Waals surface area contributed by atoms with Gasteiger partial charge < -0.3 is 4.74 Å². The van der Waals surface area contributed by atoms with Gasteiger partial charge in [-0.25, -0.2) is 4.79 Å². The fourth-order valence-corrected chi connectivity index (χ4v) is 0.230. The number of hydrogen-bond donors (Lipinski definition) is 0. The Morgan fingerprint density at radius 1 is 1.89 bits per heavy atom. The highest BCUT2D eigenvalue weighted by molar-refractivity contribution is 5.86. The fourth-order valence-electron chi connectivity index (χ4n) is 0.230. The monoisotopic (exact) mass is 124 g/mol. The van der Waals surface area contributed by atoms with Crippen LogP contribution >= 0.6 is 0 Å². The van der Waals surface area contributed by atoms with Crippen LogP contribution in [0, 0.1) is 12.3 Å². The van der Waals surface area contributed by atoms with E-state index in [9.17, 15) is 4.79 Å². The Morgan fingerprint density at radius 2 is 2.44 bits per heavy atom. The zero-order valence-corrected chi connectivity index (χ0v) is 5.31. The van der Waals surface area contributed by atoms with Crippen molar-refractivity contribution in [1.82, 2.24) is 0 Å². The average Bonchev–Trinajstić information content (AvgIpc) is 1.82. The fraction of sp³-hybridized carbons (Fsp3) is 0.286. The van der Waals surface area contributed by atoms with E-state index < -0.39 is 5.97 Å². The number of rotatable bonds is 2. The highest BCUT2D eigenvalue weighted by Gasteiger charge is 1.99. The first-order valence-electron chi connectivity index (χ1n) is 2.44. The molecule has 0 aliphatic heterocycles. The second-order valence-corrected chi connectivity index (χ2v) is 1.56. The largest absolute Gasteiger partial charge is 0.449 e. The van der Waals surface area contributed by atoms with Crippen molar-refractivity contribution in [3.05, 3.63) is 12.2 Å². The van der Waals surface area contributed by atoms with Crippen LogP contribution in [-0.4, -0.2) is 12.6 Å². The maximum Gasteiger partial charge on any atom is 0.334 e. The van der Waals surface area contributed by atoms with Crippen LogP contribution in [0.3, 0.4) is 0 Å². The summed E-state index contributed by atoms with van der Waals surface area (Å²) in [5.74, 6) is 1.73. The number of carbonyl (C=O) groups is 1. The highest BCUT2D eigenvalue weighted by atomic mass is 16.5. The van der Waals surface area contributed by atoms with Gasteiger partial charge in [-0.1, -0.05) is 12.5 Å². The minimum absolute atomic E-state index is 0.0195. The minimum atomic E-state index is -0.437. The van der Waals surface area contributed by atoms with Gasteiger partial charge in [-0.3, -0.25) is 0 Å². The summed E-state index contributed by atoms with van der Waals surface area (Å²) < 4.78 is 4.48. The van der Waals surface area contributed by atoms with Crippen LogP contribution in [0.15, 0.2) is 12.2 Å². The van der Waals surface area contributed by atoms with Gasteiger partial charge in [-0.05, 0) is 6.92 Å². The lowest BCUT2D eigenvalue weighted by Gasteiger charge is -1.96. The van der Waals surface area contributed by atoms with E-state index in [0.29, 0.717) is 5.57 Å². The van der Waals surface area contributed by atoms with Gasteiger partial charge in [0.15, 0.2) is 6.61 Å².